The predicted molar refractivity (Wildman–Crippen MR) is 71.2 cm³/mol. The van der Waals surface area contributed by atoms with Gasteiger partial charge in [0.2, 0.25) is 0 Å². The number of hydrogen-bond acceptors (Lipinski definition) is 1. The van der Waals surface area contributed by atoms with E-state index in [2.05, 4.69) is 39.0 Å². The van der Waals surface area contributed by atoms with Crippen LogP contribution in [0.15, 0.2) is 35.4 Å². The molecule has 0 saturated heterocycles. The molecule has 1 heteroatoms. The van der Waals surface area contributed by atoms with Crippen LogP contribution >= 0.6 is 0 Å². The first-order valence-electron chi connectivity index (χ1n) is 6.33. The Morgan fingerprint density at radius 3 is 2.59 bits per heavy atom. The topological polar surface area (TPSA) is 17.1 Å². The smallest absolute Gasteiger partial charge is 0.141 e. The fourth-order valence-corrected chi connectivity index (χ4v) is 2.44. The minimum absolute atomic E-state index is 0.0925. The SMILES string of the molecule is CC(C)=C(C)CC1C(=O)CCc2ccccc21. The van der Waals surface area contributed by atoms with E-state index >= 15 is 0 Å². The van der Waals surface area contributed by atoms with E-state index in [1.807, 2.05) is 6.07 Å². The lowest BCUT2D eigenvalue weighted by molar-refractivity contribution is -0.120. The van der Waals surface area contributed by atoms with Gasteiger partial charge in [-0.15, -0.1) is 0 Å². The minimum atomic E-state index is 0.0925. The van der Waals surface area contributed by atoms with Crippen molar-refractivity contribution in [1.29, 1.82) is 0 Å². The number of rotatable bonds is 2. The average Bonchev–Trinajstić information content (AvgIpc) is 2.32. The summed E-state index contributed by atoms with van der Waals surface area (Å²) < 4.78 is 0. The van der Waals surface area contributed by atoms with Gasteiger partial charge < -0.3 is 0 Å². The van der Waals surface area contributed by atoms with Gasteiger partial charge in [-0.2, -0.15) is 0 Å². The zero-order valence-electron chi connectivity index (χ0n) is 10.9. The van der Waals surface area contributed by atoms with Gasteiger partial charge in [-0.1, -0.05) is 35.4 Å². The molecule has 2 rings (SSSR count). The van der Waals surface area contributed by atoms with E-state index in [9.17, 15) is 4.79 Å². The molecule has 0 aliphatic heterocycles. The highest BCUT2D eigenvalue weighted by atomic mass is 16.1. The molecule has 1 nitrogen and oxygen atoms in total. The Morgan fingerprint density at radius 1 is 1.18 bits per heavy atom. The third kappa shape index (κ3) is 2.49. The zero-order valence-corrected chi connectivity index (χ0v) is 10.9. The van der Waals surface area contributed by atoms with E-state index in [0.29, 0.717) is 12.2 Å². The van der Waals surface area contributed by atoms with Gasteiger partial charge in [0.25, 0.3) is 0 Å². The first-order valence-corrected chi connectivity index (χ1v) is 6.33. The molecule has 90 valence electrons. The van der Waals surface area contributed by atoms with Crippen molar-refractivity contribution in [3.8, 4) is 0 Å². The van der Waals surface area contributed by atoms with Crippen LogP contribution in [0.1, 0.15) is 50.7 Å². The van der Waals surface area contributed by atoms with Gasteiger partial charge in [-0.05, 0) is 44.7 Å². The lowest BCUT2D eigenvalue weighted by Crippen LogP contribution is -2.20. The Hall–Kier alpha value is -1.37. The molecule has 1 aromatic carbocycles. The molecule has 0 radical (unpaired) electrons. The molecule has 0 bridgehead atoms. The molecule has 1 unspecified atom stereocenters. The van der Waals surface area contributed by atoms with Gasteiger partial charge in [0.15, 0.2) is 0 Å². The molecule has 17 heavy (non-hydrogen) atoms. The van der Waals surface area contributed by atoms with E-state index < -0.39 is 0 Å². The Labute approximate surface area is 104 Å². The third-order valence-electron chi connectivity index (χ3n) is 3.82. The van der Waals surface area contributed by atoms with E-state index in [4.69, 9.17) is 0 Å². The Kier molecular flexibility index (Phi) is 3.46. The summed E-state index contributed by atoms with van der Waals surface area (Å²) in [6.07, 6.45) is 2.51. The highest BCUT2D eigenvalue weighted by Crippen LogP contribution is 2.33. The van der Waals surface area contributed by atoms with E-state index in [1.165, 1.54) is 22.3 Å². The second kappa shape index (κ2) is 4.87. The van der Waals surface area contributed by atoms with Crippen molar-refractivity contribution >= 4 is 5.78 Å². The van der Waals surface area contributed by atoms with Crippen molar-refractivity contribution in [2.24, 2.45) is 0 Å². The molecule has 0 N–H and O–H groups in total. The number of Topliss-reactive ketones (excluding diaryl/α,β-unsaturated/α-hetero) is 1. The monoisotopic (exact) mass is 228 g/mol. The van der Waals surface area contributed by atoms with Gasteiger partial charge in [0.05, 0.1) is 0 Å². The van der Waals surface area contributed by atoms with Crippen LogP contribution in [0.3, 0.4) is 0 Å². The Morgan fingerprint density at radius 2 is 1.88 bits per heavy atom. The molecule has 0 heterocycles. The molecule has 0 amide bonds. The van der Waals surface area contributed by atoms with Gasteiger partial charge in [-0.25, -0.2) is 0 Å². The van der Waals surface area contributed by atoms with Crippen molar-refractivity contribution in [2.45, 2.75) is 46.0 Å². The first kappa shape index (κ1) is 12.1. The van der Waals surface area contributed by atoms with Crippen molar-refractivity contribution in [2.75, 3.05) is 0 Å². The number of allylic oxidation sites excluding steroid dienone is 2. The van der Waals surface area contributed by atoms with Crippen LogP contribution in [0.4, 0.5) is 0 Å². The van der Waals surface area contributed by atoms with Gasteiger partial charge in [-0.3, -0.25) is 4.79 Å². The lowest BCUT2D eigenvalue weighted by atomic mass is 9.78. The molecule has 1 aliphatic rings. The maximum Gasteiger partial charge on any atom is 0.141 e. The van der Waals surface area contributed by atoms with Crippen LogP contribution in [-0.4, -0.2) is 5.78 Å². The largest absolute Gasteiger partial charge is 0.299 e. The number of fused-ring (bicyclic) bond motifs is 1. The van der Waals surface area contributed by atoms with Gasteiger partial charge in [0.1, 0.15) is 5.78 Å². The van der Waals surface area contributed by atoms with Crippen molar-refractivity contribution < 1.29 is 4.79 Å². The normalized spacial score (nSPS) is 18.8. The molecule has 0 aromatic heterocycles. The molecule has 1 atom stereocenters. The Bertz CT molecular complexity index is 464. The van der Waals surface area contributed by atoms with Crippen molar-refractivity contribution in [3.63, 3.8) is 0 Å². The van der Waals surface area contributed by atoms with Crippen LogP contribution in [-0.2, 0) is 11.2 Å². The fourth-order valence-electron chi connectivity index (χ4n) is 2.44. The maximum atomic E-state index is 12.1. The van der Waals surface area contributed by atoms with E-state index in [1.54, 1.807) is 0 Å². The van der Waals surface area contributed by atoms with Gasteiger partial charge in [0, 0.05) is 12.3 Å². The average molecular weight is 228 g/mol. The second-order valence-electron chi connectivity index (χ2n) is 5.20. The quantitative estimate of drug-likeness (QED) is 0.698. The molecular formula is C16H20O. The summed E-state index contributed by atoms with van der Waals surface area (Å²) in [6.45, 7) is 6.38. The fraction of sp³-hybridized carbons (Fsp3) is 0.438. The number of carbonyl (C=O) groups is 1. The van der Waals surface area contributed by atoms with E-state index in [-0.39, 0.29) is 5.92 Å². The van der Waals surface area contributed by atoms with Gasteiger partial charge >= 0.3 is 0 Å². The van der Waals surface area contributed by atoms with Crippen LogP contribution in [0.2, 0.25) is 0 Å². The van der Waals surface area contributed by atoms with E-state index in [0.717, 1.165) is 12.8 Å². The summed E-state index contributed by atoms with van der Waals surface area (Å²) in [5.74, 6) is 0.499. The minimum Gasteiger partial charge on any atom is -0.299 e. The molecule has 0 saturated carbocycles. The number of carbonyl (C=O) groups excluding carboxylic acids is 1. The summed E-state index contributed by atoms with van der Waals surface area (Å²) in [4.78, 5) is 12.1. The standard InChI is InChI=1S/C16H20O/c1-11(2)12(3)10-15-14-7-5-4-6-13(14)8-9-16(15)17/h4-7,15H,8-10H2,1-3H3. The van der Waals surface area contributed by atoms with Crippen molar-refractivity contribution in [3.05, 3.63) is 46.5 Å². The van der Waals surface area contributed by atoms with Crippen LogP contribution in [0, 0.1) is 0 Å². The first-order chi connectivity index (χ1) is 8.09. The molecule has 0 fully saturated rings. The molecule has 1 aromatic rings. The zero-order chi connectivity index (χ0) is 12.4. The second-order valence-corrected chi connectivity index (χ2v) is 5.20. The highest BCUT2D eigenvalue weighted by molar-refractivity contribution is 5.88. The number of ketones is 1. The van der Waals surface area contributed by atoms with Crippen molar-refractivity contribution in [1.82, 2.24) is 0 Å². The summed E-state index contributed by atoms with van der Waals surface area (Å²) in [5.41, 5.74) is 5.30. The number of hydrogen-bond donors (Lipinski definition) is 0. The van der Waals surface area contributed by atoms with Crippen LogP contribution < -0.4 is 0 Å². The summed E-state index contributed by atoms with van der Waals surface area (Å²) in [6, 6.07) is 8.39. The lowest BCUT2D eigenvalue weighted by Gasteiger charge is -2.25. The van der Waals surface area contributed by atoms with Crippen LogP contribution in [0.5, 0.6) is 0 Å². The predicted octanol–water partition coefficient (Wildman–Crippen LogP) is 4.03. The Balaban J connectivity index is 2.34. The molecule has 0 spiro atoms. The van der Waals surface area contributed by atoms with Crippen LogP contribution in [0.25, 0.3) is 0 Å². The third-order valence-corrected chi connectivity index (χ3v) is 3.82. The summed E-state index contributed by atoms with van der Waals surface area (Å²) >= 11 is 0. The number of aryl methyl sites for hydroxylation is 1. The highest BCUT2D eigenvalue weighted by Gasteiger charge is 2.27. The summed E-state index contributed by atoms with van der Waals surface area (Å²) in [5, 5.41) is 0. The number of benzene rings is 1. The molecule has 1 aliphatic carbocycles. The maximum absolute atomic E-state index is 12.1. The molecular weight excluding hydrogens is 208 g/mol. The summed E-state index contributed by atoms with van der Waals surface area (Å²) in [7, 11) is 0.